The zero-order chi connectivity index (χ0) is 14.0. The summed E-state index contributed by atoms with van der Waals surface area (Å²) in [5.41, 5.74) is 0.193. The van der Waals surface area contributed by atoms with Gasteiger partial charge in [-0.2, -0.15) is 0 Å². The summed E-state index contributed by atoms with van der Waals surface area (Å²) < 4.78 is 0. The number of hydrogen-bond donors (Lipinski definition) is 2. The minimum absolute atomic E-state index is 0.193. The van der Waals surface area contributed by atoms with Gasteiger partial charge < -0.3 is 10.2 Å². The molecule has 5 heteroatoms. The predicted octanol–water partition coefficient (Wildman–Crippen LogP) is 3.10. The van der Waals surface area contributed by atoms with Gasteiger partial charge in [-0.25, -0.2) is 4.79 Å². The second-order valence-corrected chi connectivity index (χ2v) is 5.45. The fourth-order valence-electron chi connectivity index (χ4n) is 1.82. The molecule has 2 aromatic rings. The summed E-state index contributed by atoms with van der Waals surface area (Å²) in [7, 11) is 0. The minimum atomic E-state index is -1.01. The largest absolute Gasteiger partial charge is 0.480 e. The summed E-state index contributed by atoms with van der Waals surface area (Å²) in [6, 6.07) is 10.4. The van der Waals surface area contributed by atoms with Gasteiger partial charge in [0.1, 0.15) is 5.25 Å². The topological polar surface area (TPSA) is 74.6 Å². The highest BCUT2D eigenvalue weighted by Crippen LogP contribution is 2.33. The first-order chi connectivity index (χ1) is 9.00. The SMILES string of the molecule is C[C@@H](Sc1cccc2cccc(C(=O)O)c12)C(=O)O. The number of fused-ring (bicyclic) bond motifs is 1. The molecule has 0 aromatic heterocycles. The average Bonchev–Trinajstić information content (AvgIpc) is 2.38. The lowest BCUT2D eigenvalue weighted by molar-refractivity contribution is -0.136. The van der Waals surface area contributed by atoms with Crippen LogP contribution in [-0.2, 0) is 4.79 Å². The third-order valence-electron chi connectivity index (χ3n) is 2.75. The Hall–Kier alpha value is -2.01. The molecule has 2 N–H and O–H groups in total. The van der Waals surface area contributed by atoms with Crippen LogP contribution < -0.4 is 0 Å². The molecule has 0 saturated carbocycles. The number of carboxylic acid groups (broad SMARTS) is 2. The maximum absolute atomic E-state index is 11.3. The van der Waals surface area contributed by atoms with Crippen molar-refractivity contribution in [1.82, 2.24) is 0 Å². The number of benzene rings is 2. The quantitative estimate of drug-likeness (QED) is 0.839. The van der Waals surface area contributed by atoms with Crippen LogP contribution in [0.2, 0.25) is 0 Å². The van der Waals surface area contributed by atoms with Gasteiger partial charge in [-0.1, -0.05) is 24.3 Å². The predicted molar refractivity (Wildman–Crippen MR) is 73.9 cm³/mol. The third-order valence-corrected chi connectivity index (χ3v) is 3.90. The van der Waals surface area contributed by atoms with Gasteiger partial charge in [-0.05, 0) is 24.4 Å². The normalized spacial score (nSPS) is 12.3. The summed E-state index contributed by atoms with van der Waals surface area (Å²) in [5, 5.41) is 18.9. The maximum atomic E-state index is 11.3. The Labute approximate surface area is 114 Å². The zero-order valence-corrected chi connectivity index (χ0v) is 11.0. The van der Waals surface area contributed by atoms with E-state index in [9.17, 15) is 14.7 Å². The molecule has 4 nitrogen and oxygen atoms in total. The fraction of sp³-hybridized carbons (Fsp3) is 0.143. The van der Waals surface area contributed by atoms with Crippen molar-refractivity contribution in [2.45, 2.75) is 17.1 Å². The van der Waals surface area contributed by atoms with E-state index in [1.54, 1.807) is 25.1 Å². The van der Waals surface area contributed by atoms with Crippen LogP contribution in [0.25, 0.3) is 10.8 Å². The van der Waals surface area contributed by atoms with E-state index in [1.807, 2.05) is 12.1 Å². The van der Waals surface area contributed by atoms with Gasteiger partial charge in [0.15, 0.2) is 0 Å². The van der Waals surface area contributed by atoms with Gasteiger partial charge in [-0.15, -0.1) is 11.8 Å². The van der Waals surface area contributed by atoms with E-state index in [-0.39, 0.29) is 5.56 Å². The molecule has 0 saturated heterocycles. The van der Waals surface area contributed by atoms with Gasteiger partial charge >= 0.3 is 11.9 Å². The number of aliphatic carboxylic acids is 1. The van der Waals surface area contributed by atoms with Crippen molar-refractivity contribution in [2.24, 2.45) is 0 Å². The maximum Gasteiger partial charge on any atom is 0.336 e. The van der Waals surface area contributed by atoms with Crippen LogP contribution in [0.1, 0.15) is 17.3 Å². The van der Waals surface area contributed by atoms with Crippen LogP contribution in [0, 0.1) is 0 Å². The van der Waals surface area contributed by atoms with Crippen molar-refractivity contribution in [1.29, 1.82) is 0 Å². The van der Waals surface area contributed by atoms with E-state index in [0.29, 0.717) is 10.3 Å². The first kappa shape index (κ1) is 13.4. The molecule has 0 bridgehead atoms. The average molecular weight is 276 g/mol. The lowest BCUT2D eigenvalue weighted by atomic mass is 10.0. The van der Waals surface area contributed by atoms with Crippen LogP contribution in [0.15, 0.2) is 41.3 Å². The number of hydrogen-bond acceptors (Lipinski definition) is 3. The van der Waals surface area contributed by atoms with E-state index < -0.39 is 17.2 Å². The highest BCUT2D eigenvalue weighted by atomic mass is 32.2. The number of rotatable bonds is 4. The molecular formula is C14H12O4S. The molecule has 2 aromatic carbocycles. The van der Waals surface area contributed by atoms with Crippen molar-refractivity contribution in [3.8, 4) is 0 Å². The van der Waals surface area contributed by atoms with Crippen LogP contribution in [-0.4, -0.2) is 27.4 Å². The van der Waals surface area contributed by atoms with Gasteiger partial charge in [0, 0.05) is 10.3 Å². The van der Waals surface area contributed by atoms with Crippen molar-refractivity contribution >= 4 is 34.5 Å². The van der Waals surface area contributed by atoms with Crippen LogP contribution >= 0.6 is 11.8 Å². The monoisotopic (exact) mass is 276 g/mol. The molecule has 19 heavy (non-hydrogen) atoms. The molecule has 0 aliphatic heterocycles. The van der Waals surface area contributed by atoms with Gasteiger partial charge in [0.25, 0.3) is 0 Å². The van der Waals surface area contributed by atoms with Gasteiger partial charge in [0.05, 0.1) is 5.56 Å². The molecule has 0 heterocycles. The van der Waals surface area contributed by atoms with E-state index in [1.165, 1.54) is 6.07 Å². The van der Waals surface area contributed by atoms with Crippen LogP contribution in [0.4, 0.5) is 0 Å². The molecule has 0 aliphatic carbocycles. The highest BCUT2D eigenvalue weighted by Gasteiger charge is 2.17. The fourth-order valence-corrected chi connectivity index (χ4v) is 2.81. The van der Waals surface area contributed by atoms with E-state index in [4.69, 9.17) is 5.11 Å². The molecule has 2 rings (SSSR count). The minimum Gasteiger partial charge on any atom is -0.480 e. The van der Waals surface area contributed by atoms with Crippen LogP contribution in [0.3, 0.4) is 0 Å². The molecule has 1 atom stereocenters. The Morgan fingerprint density at radius 2 is 1.74 bits per heavy atom. The van der Waals surface area contributed by atoms with E-state index in [0.717, 1.165) is 17.1 Å². The Kier molecular flexibility index (Phi) is 3.76. The Balaban J connectivity index is 2.61. The number of carboxylic acids is 2. The molecule has 98 valence electrons. The summed E-state index contributed by atoms with van der Waals surface area (Å²) in [6.45, 7) is 1.58. The number of carbonyl (C=O) groups is 2. The summed E-state index contributed by atoms with van der Waals surface area (Å²) in [6.07, 6.45) is 0. The molecule has 0 fully saturated rings. The summed E-state index contributed by atoms with van der Waals surface area (Å²) in [4.78, 5) is 22.9. The number of thioether (sulfide) groups is 1. The van der Waals surface area contributed by atoms with Crippen molar-refractivity contribution in [3.63, 3.8) is 0 Å². The number of aromatic carboxylic acids is 1. The highest BCUT2D eigenvalue weighted by molar-refractivity contribution is 8.00. The third kappa shape index (κ3) is 2.71. The standard InChI is InChI=1S/C14H12O4S/c1-8(13(15)16)19-11-7-3-5-9-4-2-6-10(12(9)11)14(17)18/h2-8H,1H3,(H,15,16)(H,17,18)/t8-/m1/s1. The molecule has 0 amide bonds. The Bertz CT molecular complexity index is 646. The van der Waals surface area contributed by atoms with Crippen molar-refractivity contribution in [2.75, 3.05) is 0 Å². The lowest BCUT2D eigenvalue weighted by Crippen LogP contribution is -2.11. The van der Waals surface area contributed by atoms with Gasteiger partial charge in [0.2, 0.25) is 0 Å². The van der Waals surface area contributed by atoms with E-state index >= 15 is 0 Å². The molecule has 0 aliphatic rings. The van der Waals surface area contributed by atoms with Crippen LogP contribution in [0.5, 0.6) is 0 Å². The van der Waals surface area contributed by atoms with Crippen molar-refractivity contribution < 1.29 is 19.8 Å². The Morgan fingerprint density at radius 3 is 2.32 bits per heavy atom. The summed E-state index contributed by atoms with van der Waals surface area (Å²) in [5.74, 6) is -1.93. The van der Waals surface area contributed by atoms with Gasteiger partial charge in [-0.3, -0.25) is 4.79 Å². The Morgan fingerprint density at radius 1 is 1.11 bits per heavy atom. The zero-order valence-electron chi connectivity index (χ0n) is 10.2. The summed E-state index contributed by atoms with van der Waals surface area (Å²) >= 11 is 1.15. The molecule has 0 spiro atoms. The molecule has 0 unspecified atom stereocenters. The molecule has 0 radical (unpaired) electrons. The second-order valence-electron chi connectivity index (χ2n) is 4.06. The lowest BCUT2D eigenvalue weighted by Gasteiger charge is -2.11. The first-order valence-electron chi connectivity index (χ1n) is 5.65. The smallest absolute Gasteiger partial charge is 0.336 e. The van der Waals surface area contributed by atoms with E-state index in [2.05, 4.69) is 0 Å². The van der Waals surface area contributed by atoms with Crippen molar-refractivity contribution in [3.05, 3.63) is 42.0 Å². The molecular weight excluding hydrogens is 264 g/mol. The first-order valence-corrected chi connectivity index (χ1v) is 6.53. The second kappa shape index (κ2) is 5.32.